The van der Waals surface area contributed by atoms with E-state index in [1.165, 1.54) is 96.3 Å². The molecule has 0 saturated carbocycles. The molecule has 0 aromatic heterocycles. The summed E-state index contributed by atoms with van der Waals surface area (Å²) in [4.78, 5) is 38.1. The van der Waals surface area contributed by atoms with Crippen LogP contribution in [0.2, 0.25) is 0 Å². The Morgan fingerprint density at radius 3 is 0.910 bits per heavy atom. The van der Waals surface area contributed by atoms with Gasteiger partial charge in [0.25, 0.3) is 0 Å². The maximum atomic E-state index is 12.8. The smallest absolute Gasteiger partial charge is 0.306 e. The number of rotatable bonds is 50. The van der Waals surface area contributed by atoms with Gasteiger partial charge in [0.05, 0.1) is 0 Å². The summed E-state index contributed by atoms with van der Waals surface area (Å²) in [6.45, 7) is 6.41. The van der Waals surface area contributed by atoms with Crippen molar-refractivity contribution in [3.63, 3.8) is 0 Å². The summed E-state index contributed by atoms with van der Waals surface area (Å²) < 4.78 is 16.8. The van der Waals surface area contributed by atoms with Gasteiger partial charge in [0.1, 0.15) is 13.2 Å². The van der Waals surface area contributed by atoms with Crippen LogP contribution in [0.15, 0.2) is 85.1 Å². The number of carbonyl (C=O) groups is 3. The summed E-state index contributed by atoms with van der Waals surface area (Å²) in [5, 5.41) is 0. The summed E-state index contributed by atoms with van der Waals surface area (Å²) in [6, 6.07) is 0. The van der Waals surface area contributed by atoms with Crippen molar-refractivity contribution in [1.82, 2.24) is 0 Å². The van der Waals surface area contributed by atoms with Crippen LogP contribution in [0.25, 0.3) is 0 Å². The molecule has 0 aliphatic rings. The third-order valence-electron chi connectivity index (χ3n) is 11.9. The Hall–Kier alpha value is -3.41. The van der Waals surface area contributed by atoms with Gasteiger partial charge >= 0.3 is 17.9 Å². The summed E-state index contributed by atoms with van der Waals surface area (Å²) >= 11 is 0. The zero-order chi connectivity index (χ0) is 48.6. The molecule has 0 bridgehead atoms. The second kappa shape index (κ2) is 55.2. The van der Waals surface area contributed by atoms with E-state index >= 15 is 0 Å². The van der Waals surface area contributed by atoms with Crippen molar-refractivity contribution in [1.29, 1.82) is 0 Å². The quantitative estimate of drug-likeness (QED) is 0.0262. The zero-order valence-electron chi connectivity index (χ0n) is 43.9. The third kappa shape index (κ3) is 53.4. The van der Waals surface area contributed by atoms with Crippen LogP contribution in [0, 0.1) is 0 Å². The molecule has 0 aliphatic heterocycles. The van der Waals surface area contributed by atoms with Crippen molar-refractivity contribution in [2.45, 2.75) is 271 Å². The van der Waals surface area contributed by atoms with Gasteiger partial charge in [-0.1, -0.05) is 241 Å². The standard InChI is InChI=1S/C61H104O6/c1-4-7-10-13-16-19-22-25-27-28-29-30-31-32-34-36-39-42-45-48-51-54-60(63)66-57-58(56-65-59(62)53-50-47-44-41-38-35-24-21-18-15-12-9-6-3)67-61(64)55-52-49-46-43-40-37-33-26-23-20-17-14-11-8-5-2/h7-8,10-11,16-17,19-20,25-27,29-30,33,58H,4-6,9,12-15,18,21-24,28,31-32,34-57H2,1-3H3/b10-7-,11-8-,19-16-,20-17-,27-25-,30-29-,33-26-. The topological polar surface area (TPSA) is 78.9 Å². The largest absolute Gasteiger partial charge is 0.462 e. The van der Waals surface area contributed by atoms with Gasteiger partial charge in [-0.25, -0.2) is 0 Å². The molecule has 384 valence electrons. The monoisotopic (exact) mass is 933 g/mol. The molecule has 0 amide bonds. The molecule has 0 aromatic carbocycles. The number of hydrogen-bond acceptors (Lipinski definition) is 6. The van der Waals surface area contributed by atoms with Gasteiger partial charge in [-0.2, -0.15) is 0 Å². The van der Waals surface area contributed by atoms with Crippen molar-refractivity contribution in [2.24, 2.45) is 0 Å². The maximum Gasteiger partial charge on any atom is 0.306 e. The lowest BCUT2D eigenvalue weighted by Crippen LogP contribution is -2.30. The lowest BCUT2D eigenvalue weighted by molar-refractivity contribution is -0.167. The number of unbranched alkanes of at least 4 members (excludes halogenated alkanes) is 25. The molecule has 1 atom stereocenters. The van der Waals surface area contributed by atoms with Crippen LogP contribution in [0.1, 0.15) is 265 Å². The Labute approximate surface area is 414 Å². The molecule has 0 fully saturated rings. The van der Waals surface area contributed by atoms with Crippen LogP contribution in [-0.4, -0.2) is 37.2 Å². The van der Waals surface area contributed by atoms with Gasteiger partial charge in [0.2, 0.25) is 0 Å². The summed E-state index contributed by atoms with van der Waals surface area (Å²) in [7, 11) is 0. The van der Waals surface area contributed by atoms with Crippen molar-refractivity contribution >= 4 is 17.9 Å². The second-order valence-electron chi connectivity index (χ2n) is 18.4. The number of ether oxygens (including phenoxy) is 3. The van der Waals surface area contributed by atoms with Crippen LogP contribution in [-0.2, 0) is 28.6 Å². The third-order valence-corrected chi connectivity index (χ3v) is 11.9. The fourth-order valence-electron chi connectivity index (χ4n) is 7.74. The van der Waals surface area contributed by atoms with E-state index in [2.05, 4.69) is 106 Å². The number of hydrogen-bond donors (Lipinski definition) is 0. The summed E-state index contributed by atoms with van der Waals surface area (Å²) in [5.74, 6) is -0.904. The highest BCUT2D eigenvalue weighted by atomic mass is 16.6. The van der Waals surface area contributed by atoms with Crippen molar-refractivity contribution < 1.29 is 28.6 Å². The Morgan fingerprint density at radius 1 is 0.313 bits per heavy atom. The van der Waals surface area contributed by atoms with Crippen LogP contribution in [0.5, 0.6) is 0 Å². The predicted octanol–water partition coefficient (Wildman–Crippen LogP) is 18.8. The second-order valence-corrected chi connectivity index (χ2v) is 18.4. The highest BCUT2D eigenvalue weighted by Crippen LogP contribution is 2.15. The number of esters is 3. The van der Waals surface area contributed by atoms with E-state index in [-0.39, 0.29) is 31.1 Å². The minimum atomic E-state index is -0.788. The van der Waals surface area contributed by atoms with E-state index in [9.17, 15) is 14.4 Å². The predicted molar refractivity (Wildman–Crippen MR) is 288 cm³/mol. The van der Waals surface area contributed by atoms with Gasteiger partial charge in [-0.05, 0) is 89.9 Å². The van der Waals surface area contributed by atoms with E-state index in [4.69, 9.17) is 14.2 Å². The molecule has 0 heterocycles. The molecule has 0 spiro atoms. The average Bonchev–Trinajstić information content (AvgIpc) is 3.33. The Morgan fingerprint density at radius 2 is 0.582 bits per heavy atom. The highest BCUT2D eigenvalue weighted by molar-refractivity contribution is 5.71. The minimum absolute atomic E-state index is 0.0844. The van der Waals surface area contributed by atoms with Crippen LogP contribution in [0.4, 0.5) is 0 Å². The first-order chi connectivity index (χ1) is 33.0. The van der Waals surface area contributed by atoms with E-state index in [1.807, 2.05) is 0 Å². The van der Waals surface area contributed by atoms with Crippen molar-refractivity contribution in [2.75, 3.05) is 13.2 Å². The molecule has 1 unspecified atom stereocenters. The highest BCUT2D eigenvalue weighted by Gasteiger charge is 2.19. The minimum Gasteiger partial charge on any atom is -0.462 e. The van der Waals surface area contributed by atoms with E-state index in [0.717, 1.165) is 128 Å². The molecule has 0 saturated heterocycles. The molecule has 0 aromatic rings. The van der Waals surface area contributed by atoms with Gasteiger partial charge in [0.15, 0.2) is 6.10 Å². The number of allylic oxidation sites excluding steroid dienone is 14. The van der Waals surface area contributed by atoms with Crippen LogP contribution < -0.4 is 0 Å². The van der Waals surface area contributed by atoms with E-state index in [0.29, 0.717) is 19.3 Å². The van der Waals surface area contributed by atoms with Crippen LogP contribution in [0.3, 0.4) is 0 Å². The van der Waals surface area contributed by atoms with Gasteiger partial charge in [0, 0.05) is 19.3 Å². The summed E-state index contributed by atoms with van der Waals surface area (Å²) in [6.07, 6.45) is 71.4. The maximum absolute atomic E-state index is 12.8. The normalized spacial score (nSPS) is 12.7. The van der Waals surface area contributed by atoms with E-state index in [1.54, 1.807) is 0 Å². The summed E-state index contributed by atoms with van der Waals surface area (Å²) in [5.41, 5.74) is 0. The lowest BCUT2D eigenvalue weighted by Gasteiger charge is -2.18. The lowest BCUT2D eigenvalue weighted by atomic mass is 10.0. The van der Waals surface area contributed by atoms with Gasteiger partial charge in [-0.15, -0.1) is 0 Å². The Bertz CT molecular complexity index is 1300. The Kier molecular flexibility index (Phi) is 52.4. The molecule has 6 heteroatoms. The molecule has 0 N–H and O–H groups in total. The first-order valence-electron chi connectivity index (χ1n) is 28.1. The van der Waals surface area contributed by atoms with Gasteiger partial charge in [-0.3, -0.25) is 14.4 Å². The number of carbonyl (C=O) groups excluding carboxylic acids is 3. The fraction of sp³-hybridized carbons (Fsp3) is 0.721. The first-order valence-corrected chi connectivity index (χ1v) is 28.1. The molecule has 0 rings (SSSR count). The molecule has 67 heavy (non-hydrogen) atoms. The van der Waals surface area contributed by atoms with Crippen LogP contribution >= 0.6 is 0 Å². The molecular weight excluding hydrogens is 829 g/mol. The zero-order valence-corrected chi connectivity index (χ0v) is 43.9. The Balaban J connectivity index is 4.38. The molecule has 0 radical (unpaired) electrons. The SMILES string of the molecule is CC/C=C\C/C=C\C/C=C\C/C=C\CCCCCCCCCCC(=O)OCC(COC(=O)CCCCCCCCCCCCCCC)OC(=O)CCCCCCC/C=C\C/C=C\C/C=C\CC. The van der Waals surface area contributed by atoms with Gasteiger partial charge < -0.3 is 14.2 Å². The van der Waals surface area contributed by atoms with E-state index < -0.39 is 6.10 Å². The molecular formula is C61H104O6. The van der Waals surface area contributed by atoms with Crippen molar-refractivity contribution in [3.8, 4) is 0 Å². The fourth-order valence-corrected chi connectivity index (χ4v) is 7.74. The molecule has 0 aliphatic carbocycles. The van der Waals surface area contributed by atoms with Crippen molar-refractivity contribution in [3.05, 3.63) is 85.1 Å². The molecule has 6 nitrogen and oxygen atoms in total. The first kappa shape index (κ1) is 63.6. The average molecular weight is 933 g/mol.